The minimum Gasteiger partial charge on any atom is -0.0856 e. The van der Waals surface area contributed by atoms with E-state index in [1.807, 2.05) is 0 Å². The lowest BCUT2D eigenvalue weighted by Gasteiger charge is -2.34. The van der Waals surface area contributed by atoms with Gasteiger partial charge in [0.15, 0.2) is 0 Å². The van der Waals surface area contributed by atoms with Crippen LogP contribution in [-0.4, -0.2) is 0 Å². The summed E-state index contributed by atoms with van der Waals surface area (Å²) in [7, 11) is 0. The molecule has 0 heterocycles. The van der Waals surface area contributed by atoms with Crippen molar-refractivity contribution in [3.63, 3.8) is 0 Å². The zero-order valence-corrected chi connectivity index (χ0v) is 18.0. The van der Waals surface area contributed by atoms with E-state index < -0.39 is 0 Å². The molecule has 0 aliphatic rings. The molecule has 0 spiro atoms. The summed E-state index contributed by atoms with van der Waals surface area (Å²) in [6, 6.07) is 0. The first kappa shape index (κ1) is 23.2. The fraction of sp³-hybridized carbons (Fsp3) is 0.750. The average molecular weight is 333 g/mol. The van der Waals surface area contributed by atoms with Crippen LogP contribution in [0.3, 0.4) is 0 Å². The van der Waals surface area contributed by atoms with Gasteiger partial charge in [-0.3, -0.25) is 0 Å². The van der Waals surface area contributed by atoms with E-state index in [0.717, 1.165) is 5.92 Å². The lowest BCUT2D eigenvalue weighted by Crippen LogP contribution is -2.23. The van der Waals surface area contributed by atoms with Crippen molar-refractivity contribution < 1.29 is 0 Å². The molecule has 0 fully saturated rings. The molecule has 0 nitrogen and oxygen atoms in total. The van der Waals surface area contributed by atoms with E-state index >= 15 is 0 Å². The van der Waals surface area contributed by atoms with E-state index in [1.165, 1.54) is 62.5 Å². The summed E-state index contributed by atoms with van der Waals surface area (Å²) in [5, 5.41) is 0. The summed E-state index contributed by atoms with van der Waals surface area (Å²) < 4.78 is 0. The second-order valence-corrected chi connectivity index (χ2v) is 8.32. The van der Waals surface area contributed by atoms with Crippen molar-refractivity contribution in [2.24, 2.45) is 11.3 Å². The molecule has 0 saturated carbocycles. The van der Waals surface area contributed by atoms with Crippen molar-refractivity contribution in [3.05, 3.63) is 34.9 Å². The smallest absolute Gasteiger partial charge is 0.0288 e. The van der Waals surface area contributed by atoms with Crippen LogP contribution in [0.2, 0.25) is 0 Å². The van der Waals surface area contributed by atoms with Crippen LogP contribution in [0.5, 0.6) is 0 Å². The molecule has 2 atom stereocenters. The van der Waals surface area contributed by atoms with Gasteiger partial charge in [0.1, 0.15) is 0 Å². The predicted octanol–water partition coefficient (Wildman–Crippen LogP) is 8.65. The van der Waals surface area contributed by atoms with Gasteiger partial charge in [0.25, 0.3) is 0 Å². The Hall–Kier alpha value is -0.780. The Morgan fingerprint density at radius 2 is 1.33 bits per heavy atom. The maximum absolute atomic E-state index is 2.49. The monoisotopic (exact) mass is 332 g/mol. The van der Waals surface area contributed by atoms with Crippen LogP contribution in [-0.2, 0) is 0 Å². The molecule has 0 rings (SSSR count). The lowest BCUT2D eigenvalue weighted by atomic mass is 9.71. The molecule has 24 heavy (non-hydrogen) atoms. The van der Waals surface area contributed by atoms with Crippen LogP contribution in [0.1, 0.15) is 107 Å². The van der Waals surface area contributed by atoms with Gasteiger partial charge in [-0.25, -0.2) is 0 Å². The minimum atomic E-state index is 0.507. The van der Waals surface area contributed by atoms with Gasteiger partial charge in [-0.15, -0.1) is 0 Å². The summed E-state index contributed by atoms with van der Waals surface area (Å²) in [6.07, 6.45) is 17.2. The van der Waals surface area contributed by atoms with Gasteiger partial charge in [0.05, 0.1) is 0 Å². The minimum absolute atomic E-state index is 0.507. The van der Waals surface area contributed by atoms with Gasteiger partial charge < -0.3 is 0 Å². The van der Waals surface area contributed by atoms with E-state index in [2.05, 4.69) is 73.6 Å². The summed E-state index contributed by atoms with van der Waals surface area (Å²) in [6.45, 7) is 18.5. The molecular weight excluding hydrogens is 288 g/mol. The molecule has 0 heteroatoms. The molecule has 0 aromatic rings. The Morgan fingerprint density at radius 3 is 1.79 bits per heavy atom. The van der Waals surface area contributed by atoms with Crippen molar-refractivity contribution in [2.75, 3.05) is 0 Å². The lowest BCUT2D eigenvalue weighted by molar-refractivity contribution is 0.172. The SMILES string of the molecule is CC[C@@H](C)[C@](C)(CC)CC/C=C(\C)CC/C=C(\C)CCC=C(C)C. The van der Waals surface area contributed by atoms with E-state index in [9.17, 15) is 0 Å². The first-order valence-electron chi connectivity index (χ1n) is 10.2. The molecule has 0 bridgehead atoms. The van der Waals surface area contributed by atoms with Gasteiger partial charge in [0, 0.05) is 0 Å². The molecule has 0 aliphatic carbocycles. The third kappa shape index (κ3) is 10.2. The number of hydrogen-bond acceptors (Lipinski definition) is 0. The normalized spacial score (nSPS) is 16.7. The zero-order chi connectivity index (χ0) is 18.6. The van der Waals surface area contributed by atoms with Crippen molar-refractivity contribution in [2.45, 2.75) is 107 Å². The van der Waals surface area contributed by atoms with E-state index in [-0.39, 0.29) is 0 Å². The largest absolute Gasteiger partial charge is 0.0856 e. The van der Waals surface area contributed by atoms with Gasteiger partial charge in [0.2, 0.25) is 0 Å². The second-order valence-electron chi connectivity index (χ2n) is 8.32. The number of rotatable bonds is 12. The van der Waals surface area contributed by atoms with E-state index in [4.69, 9.17) is 0 Å². The van der Waals surface area contributed by atoms with Crippen molar-refractivity contribution in [3.8, 4) is 0 Å². The van der Waals surface area contributed by atoms with E-state index in [0.29, 0.717) is 5.41 Å². The maximum atomic E-state index is 2.49. The molecule has 0 amide bonds. The van der Waals surface area contributed by atoms with Crippen molar-refractivity contribution in [1.29, 1.82) is 0 Å². The quantitative estimate of drug-likeness (QED) is 0.314. The Kier molecular flexibility index (Phi) is 12.2. The molecule has 0 aromatic carbocycles. The molecule has 0 radical (unpaired) electrons. The molecule has 0 saturated heterocycles. The summed E-state index contributed by atoms with van der Waals surface area (Å²) in [4.78, 5) is 0. The highest BCUT2D eigenvalue weighted by Crippen LogP contribution is 2.38. The van der Waals surface area contributed by atoms with Crippen LogP contribution in [0, 0.1) is 11.3 Å². The predicted molar refractivity (Wildman–Crippen MR) is 113 cm³/mol. The molecule has 0 N–H and O–H groups in total. The zero-order valence-electron chi connectivity index (χ0n) is 18.0. The van der Waals surface area contributed by atoms with Gasteiger partial charge in [-0.05, 0) is 77.6 Å². The first-order valence-corrected chi connectivity index (χ1v) is 10.2. The Morgan fingerprint density at radius 1 is 0.833 bits per heavy atom. The molecule has 0 aliphatic heterocycles. The van der Waals surface area contributed by atoms with Crippen LogP contribution < -0.4 is 0 Å². The van der Waals surface area contributed by atoms with Gasteiger partial charge in [-0.2, -0.15) is 0 Å². The van der Waals surface area contributed by atoms with Crippen LogP contribution >= 0.6 is 0 Å². The van der Waals surface area contributed by atoms with Gasteiger partial charge in [-0.1, -0.05) is 75.5 Å². The average Bonchev–Trinajstić information content (AvgIpc) is 2.53. The number of hydrogen-bond donors (Lipinski definition) is 0. The molecular formula is C24H44. The Balaban J connectivity index is 4.21. The summed E-state index contributed by atoms with van der Waals surface area (Å²) in [5.74, 6) is 0.822. The van der Waals surface area contributed by atoms with Crippen LogP contribution in [0.25, 0.3) is 0 Å². The summed E-state index contributed by atoms with van der Waals surface area (Å²) >= 11 is 0. The highest BCUT2D eigenvalue weighted by atomic mass is 14.3. The summed E-state index contributed by atoms with van der Waals surface area (Å²) in [5.41, 5.74) is 5.03. The maximum Gasteiger partial charge on any atom is -0.0288 e. The highest BCUT2D eigenvalue weighted by Gasteiger charge is 2.26. The molecule has 0 unspecified atom stereocenters. The van der Waals surface area contributed by atoms with Crippen LogP contribution in [0.4, 0.5) is 0 Å². The Labute approximate surface area is 153 Å². The fourth-order valence-corrected chi connectivity index (χ4v) is 3.25. The molecule has 140 valence electrons. The topological polar surface area (TPSA) is 0 Å². The third-order valence-corrected chi connectivity index (χ3v) is 5.94. The Bertz CT molecular complexity index is 417. The first-order chi connectivity index (χ1) is 11.2. The van der Waals surface area contributed by atoms with Gasteiger partial charge >= 0.3 is 0 Å². The fourth-order valence-electron chi connectivity index (χ4n) is 3.25. The standard InChI is InChI=1S/C24H44/c1-9-23(7)24(8,10-2)19-13-18-22(6)17-12-16-21(5)15-11-14-20(3)4/h14,16,18,23H,9-13,15,17,19H2,1-8H3/b21-16+,22-18+/t23-,24-/m1/s1. The third-order valence-electron chi connectivity index (χ3n) is 5.94. The number of allylic oxidation sites excluding steroid dienone is 6. The van der Waals surface area contributed by atoms with Crippen LogP contribution in [0.15, 0.2) is 34.9 Å². The molecule has 0 aromatic heterocycles. The van der Waals surface area contributed by atoms with Crippen molar-refractivity contribution in [1.82, 2.24) is 0 Å². The highest BCUT2D eigenvalue weighted by molar-refractivity contribution is 5.05. The van der Waals surface area contributed by atoms with Crippen molar-refractivity contribution >= 4 is 0 Å². The van der Waals surface area contributed by atoms with E-state index in [1.54, 1.807) is 5.57 Å². The second kappa shape index (κ2) is 12.6.